The number of hydrogen-bond donors (Lipinski definition) is 1. The fourth-order valence-electron chi connectivity index (χ4n) is 2.56. The zero-order chi connectivity index (χ0) is 14.4. The summed E-state index contributed by atoms with van der Waals surface area (Å²) >= 11 is 0. The molecule has 0 spiro atoms. The minimum atomic E-state index is -0.266. The Hall–Kier alpha value is -1.42. The molecule has 0 aromatic heterocycles. The number of carbonyl (C=O) groups is 1. The van der Waals surface area contributed by atoms with E-state index in [9.17, 15) is 9.18 Å². The zero-order valence-electron chi connectivity index (χ0n) is 12.1. The third kappa shape index (κ3) is 4.60. The third-order valence-electron chi connectivity index (χ3n) is 3.92. The summed E-state index contributed by atoms with van der Waals surface area (Å²) in [7, 11) is 1.84. The number of nitrogens with one attached hydrogen (secondary N) is 1. The Balaban J connectivity index is 1.75. The summed E-state index contributed by atoms with van der Waals surface area (Å²) < 4.78 is 12.8. The van der Waals surface area contributed by atoms with Crippen molar-refractivity contribution in [2.75, 3.05) is 20.1 Å². The smallest absolute Gasteiger partial charge is 0.226 e. The normalized spacial score (nSPS) is 18.8. The first-order valence-electron chi connectivity index (χ1n) is 7.37. The largest absolute Gasteiger partial charge is 0.345 e. The summed E-state index contributed by atoms with van der Waals surface area (Å²) in [6, 6.07) is 6.68. The van der Waals surface area contributed by atoms with E-state index in [0.717, 1.165) is 25.1 Å². The molecule has 1 unspecified atom stereocenters. The van der Waals surface area contributed by atoms with Gasteiger partial charge in [-0.3, -0.25) is 4.79 Å². The molecule has 4 heteroatoms. The van der Waals surface area contributed by atoms with Gasteiger partial charge in [0.1, 0.15) is 5.82 Å². The van der Waals surface area contributed by atoms with Crippen LogP contribution >= 0.6 is 0 Å². The Labute approximate surface area is 120 Å². The Bertz CT molecular complexity index is 427. The molecule has 1 heterocycles. The second-order valence-corrected chi connectivity index (χ2v) is 5.55. The lowest BCUT2D eigenvalue weighted by molar-refractivity contribution is -0.129. The maximum absolute atomic E-state index is 12.8. The van der Waals surface area contributed by atoms with Crippen molar-refractivity contribution in [1.29, 1.82) is 0 Å². The summed E-state index contributed by atoms with van der Waals surface area (Å²) in [5.74, 6) is -0.176. The van der Waals surface area contributed by atoms with Gasteiger partial charge in [0.05, 0.1) is 6.42 Å². The van der Waals surface area contributed by atoms with E-state index in [1.54, 1.807) is 17.0 Å². The first kappa shape index (κ1) is 15.0. The lowest BCUT2D eigenvalue weighted by atomic mass is 10.0. The average molecular weight is 278 g/mol. The van der Waals surface area contributed by atoms with E-state index in [1.165, 1.54) is 31.4 Å². The van der Waals surface area contributed by atoms with E-state index in [2.05, 4.69) is 5.32 Å². The van der Waals surface area contributed by atoms with Gasteiger partial charge < -0.3 is 10.2 Å². The molecule has 0 bridgehead atoms. The second-order valence-electron chi connectivity index (χ2n) is 5.55. The number of likely N-dealkylation sites (N-methyl/N-ethyl adjacent to an activating group) is 1. The topological polar surface area (TPSA) is 32.3 Å². The number of benzene rings is 1. The molecule has 20 heavy (non-hydrogen) atoms. The second kappa shape index (κ2) is 7.39. The van der Waals surface area contributed by atoms with Crippen molar-refractivity contribution in [2.24, 2.45) is 0 Å². The monoisotopic (exact) mass is 278 g/mol. The van der Waals surface area contributed by atoms with Crippen molar-refractivity contribution in [1.82, 2.24) is 10.2 Å². The molecule has 1 N–H and O–H groups in total. The fourth-order valence-corrected chi connectivity index (χ4v) is 2.56. The summed E-state index contributed by atoms with van der Waals surface area (Å²) in [5, 5.41) is 3.49. The Kier molecular flexibility index (Phi) is 5.53. The molecular weight excluding hydrogens is 255 g/mol. The first-order chi connectivity index (χ1) is 9.65. The van der Waals surface area contributed by atoms with E-state index in [1.807, 2.05) is 7.05 Å². The molecular formula is C16H23FN2O. The van der Waals surface area contributed by atoms with Crippen LogP contribution in [0.15, 0.2) is 24.3 Å². The van der Waals surface area contributed by atoms with Gasteiger partial charge in [-0.2, -0.15) is 0 Å². The number of hydrogen-bond acceptors (Lipinski definition) is 2. The van der Waals surface area contributed by atoms with Gasteiger partial charge in [-0.1, -0.05) is 18.6 Å². The lowest BCUT2D eigenvalue weighted by Crippen LogP contribution is -2.38. The van der Waals surface area contributed by atoms with Gasteiger partial charge in [0.25, 0.3) is 0 Å². The highest BCUT2D eigenvalue weighted by Gasteiger charge is 2.15. The number of piperidine rings is 1. The van der Waals surface area contributed by atoms with Crippen LogP contribution in [-0.4, -0.2) is 37.0 Å². The molecule has 3 nitrogen and oxygen atoms in total. The fraction of sp³-hybridized carbons (Fsp3) is 0.562. The third-order valence-corrected chi connectivity index (χ3v) is 3.92. The highest BCUT2D eigenvalue weighted by atomic mass is 19.1. The number of rotatable bonds is 5. The van der Waals surface area contributed by atoms with Crippen molar-refractivity contribution >= 4 is 5.91 Å². The van der Waals surface area contributed by atoms with E-state index in [4.69, 9.17) is 0 Å². The van der Waals surface area contributed by atoms with Crippen LogP contribution in [-0.2, 0) is 11.2 Å². The molecule has 1 atom stereocenters. The Morgan fingerprint density at radius 2 is 2.10 bits per heavy atom. The van der Waals surface area contributed by atoms with Crippen molar-refractivity contribution in [2.45, 2.75) is 38.1 Å². The average Bonchev–Trinajstić information content (AvgIpc) is 2.48. The van der Waals surface area contributed by atoms with Crippen LogP contribution in [0, 0.1) is 5.82 Å². The summed E-state index contributed by atoms with van der Waals surface area (Å²) in [6.07, 6.45) is 5.10. The maximum Gasteiger partial charge on any atom is 0.226 e. The molecule has 1 aromatic rings. The molecule has 110 valence electrons. The van der Waals surface area contributed by atoms with Gasteiger partial charge in [-0.05, 0) is 43.5 Å². The molecule has 1 amide bonds. The minimum absolute atomic E-state index is 0.0902. The molecule has 1 fully saturated rings. The molecule has 1 aliphatic rings. The van der Waals surface area contributed by atoms with Crippen molar-refractivity contribution in [3.8, 4) is 0 Å². The van der Waals surface area contributed by atoms with Gasteiger partial charge in [0.15, 0.2) is 0 Å². The Morgan fingerprint density at radius 3 is 2.75 bits per heavy atom. The first-order valence-corrected chi connectivity index (χ1v) is 7.37. The molecule has 2 rings (SSSR count). The van der Waals surface area contributed by atoms with Crippen LogP contribution in [0.4, 0.5) is 4.39 Å². The van der Waals surface area contributed by atoms with Crippen molar-refractivity contribution in [3.05, 3.63) is 35.6 Å². The van der Waals surface area contributed by atoms with E-state index >= 15 is 0 Å². The quantitative estimate of drug-likeness (QED) is 0.896. The maximum atomic E-state index is 12.8. The predicted molar refractivity (Wildman–Crippen MR) is 78.0 cm³/mol. The van der Waals surface area contributed by atoms with Gasteiger partial charge in [-0.25, -0.2) is 4.39 Å². The standard InChI is InChI=1S/C16H23FN2O/c1-19(11-9-15-4-2-3-10-18-15)16(20)12-13-5-7-14(17)8-6-13/h5-8,15,18H,2-4,9-12H2,1H3. The van der Waals surface area contributed by atoms with Gasteiger partial charge >= 0.3 is 0 Å². The highest BCUT2D eigenvalue weighted by molar-refractivity contribution is 5.78. The van der Waals surface area contributed by atoms with E-state index in [-0.39, 0.29) is 11.7 Å². The van der Waals surface area contributed by atoms with Crippen LogP contribution in [0.25, 0.3) is 0 Å². The predicted octanol–water partition coefficient (Wildman–Crippen LogP) is 2.36. The van der Waals surface area contributed by atoms with Crippen LogP contribution in [0.5, 0.6) is 0 Å². The molecule has 0 radical (unpaired) electrons. The van der Waals surface area contributed by atoms with Gasteiger partial charge in [0.2, 0.25) is 5.91 Å². The van der Waals surface area contributed by atoms with Crippen LogP contribution < -0.4 is 5.32 Å². The van der Waals surface area contributed by atoms with Crippen LogP contribution in [0.3, 0.4) is 0 Å². The van der Waals surface area contributed by atoms with Crippen LogP contribution in [0.2, 0.25) is 0 Å². The van der Waals surface area contributed by atoms with Gasteiger partial charge in [-0.15, -0.1) is 0 Å². The van der Waals surface area contributed by atoms with Crippen molar-refractivity contribution < 1.29 is 9.18 Å². The Morgan fingerprint density at radius 1 is 1.35 bits per heavy atom. The van der Waals surface area contributed by atoms with E-state index in [0.29, 0.717) is 12.5 Å². The summed E-state index contributed by atoms with van der Waals surface area (Å²) in [4.78, 5) is 13.9. The zero-order valence-corrected chi connectivity index (χ0v) is 12.1. The molecule has 1 aliphatic heterocycles. The van der Waals surface area contributed by atoms with Crippen molar-refractivity contribution in [3.63, 3.8) is 0 Å². The number of carbonyl (C=O) groups excluding carboxylic acids is 1. The number of nitrogens with zero attached hydrogens (tertiary/aromatic N) is 1. The van der Waals surface area contributed by atoms with Crippen LogP contribution in [0.1, 0.15) is 31.2 Å². The van der Waals surface area contributed by atoms with Gasteiger partial charge in [0, 0.05) is 19.6 Å². The molecule has 1 aromatic carbocycles. The molecule has 0 saturated carbocycles. The van der Waals surface area contributed by atoms with E-state index < -0.39 is 0 Å². The SMILES string of the molecule is CN(CCC1CCCCN1)C(=O)Cc1ccc(F)cc1. The summed E-state index contributed by atoms with van der Waals surface area (Å²) in [5.41, 5.74) is 0.860. The number of amides is 1. The lowest BCUT2D eigenvalue weighted by Gasteiger charge is -2.26. The minimum Gasteiger partial charge on any atom is -0.345 e. The number of halogens is 1. The highest BCUT2D eigenvalue weighted by Crippen LogP contribution is 2.11. The molecule has 1 saturated heterocycles. The summed E-state index contributed by atoms with van der Waals surface area (Å²) in [6.45, 7) is 1.87. The molecule has 0 aliphatic carbocycles.